The van der Waals surface area contributed by atoms with Crippen LogP contribution >= 0.6 is 11.3 Å². The minimum absolute atomic E-state index is 0.185. The van der Waals surface area contributed by atoms with Crippen LogP contribution in [0.2, 0.25) is 0 Å². The molecule has 0 radical (unpaired) electrons. The third-order valence-corrected chi connectivity index (χ3v) is 3.85. The summed E-state index contributed by atoms with van der Waals surface area (Å²) in [6.07, 6.45) is 0.185. The van der Waals surface area contributed by atoms with Gasteiger partial charge in [0.25, 0.3) is 0 Å². The van der Waals surface area contributed by atoms with E-state index in [0.29, 0.717) is 0 Å². The third kappa shape index (κ3) is 2.61. The van der Waals surface area contributed by atoms with Gasteiger partial charge < -0.3 is 15.7 Å². The lowest BCUT2D eigenvalue weighted by Crippen LogP contribution is -2.68. The van der Waals surface area contributed by atoms with Crippen molar-refractivity contribution in [2.24, 2.45) is 0 Å². The van der Waals surface area contributed by atoms with Crippen molar-refractivity contribution in [1.29, 1.82) is 0 Å². The molecule has 0 aliphatic carbocycles. The molecule has 0 spiro atoms. The largest absolute Gasteiger partial charge is 0.481 e. The van der Waals surface area contributed by atoms with Gasteiger partial charge in [-0.1, -0.05) is 0 Å². The van der Waals surface area contributed by atoms with Crippen molar-refractivity contribution >= 4 is 17.3 Å². The van der Waals surface area contributed by atoms with E-state index in [-0.39, 0.29) is 12.0 Å². The number of aryl methyl sites for hydroxylation is 1. The Labute approximate surface area is 98.7 Å². The number of carbonyl (C=O) groups is 1. The number of hydrogen-bond acceptors (Lipinski definition) is 4. The van der Waals surface area contributed by atoms with E-state index in [9.17, 15) is 4.79 Å². The maximum absolute atomic E-state index is 10.8. The molecule has 1 fully saturated rings. The van der Waals surface area contributed by atoms with Crippen LogP contribution in [0.25, 0.3) is 0 Å². The average molecular weight is 240 g/mol. The first-order chi connectivity index (χ1) is 7.60. The van der Waals surface area contributed by atoms with Crippen molar-refractivity contribution in [3.8, 4) is 0 Å². The summed E-state index contributed by atoms with van der Waals surface area (Å²) in [5, 5.41) is 15.3. The van der Waals surface area contributed by atoms with Gasteiger partial charge in [-0.2, -0.15) is 0 Å². The average Bonchev–Trinajstić information content (AvgIpc) is 2.55. The molecule has 1 aliphatic heterocycles. The minimum atomic E-state index is -0.739. The Morgan fingerprint density at radius 3 is 2.81 bits per heavy atom. The van der Waals surface area contributed by atoms with Crippen LogP contribution in [0.5, 0.6) is 0 Å². The van der Waals surface area contributed by atoms with Crippen LogP contribution in [-0.2, 0) is 11.3 Å². The molecule has 4 nitrogen and oxygen atoms in total. The molecule has 0 amide bonds. The zero-order valence-corrected chi connectivity index (χ0v) is 10.1. The van der Waals surface area contributed by atoms with Crippen molar-refractivity contribution in [2.45, 2.75) is 25.4 Å². The summed E-state index contributed by atoms with van der Waals surface area (Å²) in [5.41, 5.74) is -0.246. The first kappa shape index (κ1) is 11.6. The highest BCUT2D eigenvalue weighted by Crippen LogP contribution is 2.20. The van der Waals surface area contributed by atoms with Gasteiger partial charge in [-0.25, -0.2) is 0 Å². The first-order valence-corrected chi connectivity index (χ1v) is 6.14. The van der Waals surface area contributed by atoms with Crippen molar-refractivity contribution in [3.05, 3.63) is 21.9 Å². The van der Waals surface area contributed by atoms with Crippen molar-refractivity contribution in [2.75, 3.05) is 13.1 Å². The van der Waals surface area contributed by atoms with E-state index in [4.69, 9.17) is 5.11 Å². The highest BCUT2D eigenvalue weighted by molar-refractivity contribution is 7.11. The summed E-state index contributed by atoms with van der Waals surface area (Å²) in [6, 6.07) is 4.18. The van der Waals surface area contributed by atoms with Crippen LogP contribution in [0.15, 0.2) is 12.1 Å². The van der Waals surface area contributed by atoms with Crippen molar-refractivity contribution in [3.63, 3.8) is 0 Å². The molecule has 0 unspecified atom stereocenters. The molecule has 0 atom stereocenters. The summed E-state index contributed by atoms with van der Waals surface area (Å²) in [4.78, 5) is 13.3. The number of nitrogens with one attached hydrogen (secondary N) is 2. The van der Waals surface area contributed by atoms with Crippen LogP contribution in [0.4, 0.5) is 0 Å². The Morgan fingerprint density at radius 2 is 2.38 bits per heavy atom. The maximum Gasteiger partial charge on any atom is 0.305 e. The van der Waals surface area contributed by atoms with Crippen LogP contribution in [0, 0.1) is 6.92 Å². The molecule has 5 heteroatoms. The second-order valence-electron chi connectivity index (χ2n) is 4.32. The number of thiophene rings is 1. The summed E-state index contributed by atoms with van der Waals surface area (Å²) in [6.45, 7) is 4.31. The molecule has 0 bridgehead atoms. The van der Waals surface area contributed by atoms with E-state index in [1.165, 1.54) is 9.75 Å². The van der Waals surface area contributed by atoms with Gasteiger partial charge in [-0.05, 0) is 19.1 Å². The number of hydrogen-bond donors (Lipinski definition) is 3. The summed E-state index contributed by atoms with van der Waals surface area (Å²) >= 11 is 1.75. The predicted octanol–water partition coefficient (Wildman–Crippen LogP) is 0.963. The number of aliphatic carboxylic acids is 1. The lowest BCUT2D eigenvalue weighted by Gasteiger charge is -2.42. The standard InChI is InChI=1S/C11H16N2O2S/c1-8-2-3-9(16-8)5-13-11(4-10(14)15)6-12-7-11/h2-3,12-13H,4-7H2,1H3,(H,14,15). The molecule has 1 aromatic rings. The van der Waals surface area contributed by atoms with Crippen molar-refractivity contribution in [1.82, 2.24) is 10.6 Å². The van der Waals surface area contributed by atoms with E-state index in [1.54, 1.807) is 11.3 Å². The van der Waals surface area contributed by atoms with E-state index in [1.807, 2.05) is 0 Å². The van der Waals surface area contributed by atoms with Crippen LogP contribution in [0.1, 0.15) is 16.2 Å². The van der Waals surface area contributed by atoms with Crippen LogP contribution in [-0.4, -0.2) is 29.7 Å². The van der Waals surface area contributed by atoms with Crippen molar-refractivity contribution < 1.29 is 9.90 Å². The fourth-order valence-electron chi connectivity index (χ4n) is 1.88. The highest BCUT2D eigenvalue weighted by Gasteiger charge is 2.38. The van der Waals surface area contributed by atoms with E-state index in [2.05, 4.69) is 29.7 Å². The van der Waals surface area contributed by atoms with E-state index >= 15 is 0 Å². The summed E-state index contributed by atoms with van der Waals surface area (Å²) < 4.78 is 0. The molecule has 0 aromatic carbocycles. The maximum atomic E-state index is 10.8. The lowest BCUT2D eigenvalue weighted by molar-refractivity contribution is -0.139. The molecular weight excluding hydrogens is 224 g/mol. The molecule has 88 valence electrons. The quantitative estimate of drug-likeness (QED) is 0.717. The molecule has 1 aromatic heterocycles. The molecule has 16 heavy (non-hydrogen) atoms. The van der Waals surface area contributed by atoms with E-state index < -0.39 is 5.97 Å². The fourth-order valence-corrected chi connectivity index (χ4v) is 2.71. The topological polar surface area (TPSA) is 61.4 Å². The van der Waals surface area contributed by atoms with Gasteiger partial charge in [0.05, 0.1) is 12.0 Å². The molecular formula is C11H16N2O2S. The molecule has 0 saturated carbocycles. The second kappa shape index (κ2) is 4.53. The van der Waals surface area contributed by atoms with Gasteiger partial charge in [0.2, 0.25) is 0 Å². The molecule has 2 heterocycles. The van der Waals surface area contributed by atoms with Gasteiger partial charge >= 0.3 is 5.97 Å². The van der Waals surface area contributed by atoms with E-state index in [0.717, 1.165) is 19.6 Å². The number of rotatable bonds is 5. The Bertz CT molecular complexity index is 385. The van der Waals surface area contributed by atoms with Gasteiger partial charge in [0, 0.05) is 29.4 Å². The van der Waals surface area contributed by atoms with Gasteiger partial charge in [-0.3, -0.25) is 4.79 Å². The molecule has 1 aliphatic rings. The molecule has 2 rings (SSSR count). The van der Waals surface area contributed by atoms with Crippen LogP contribution in [0.3, 0.4) is 0 Å². The monoisotopic (exact) mass is 240 g/mol. The second-order valence-corrected chi connectivity index (χ2v) is 5.69. The first-order valence-electron chi connectivity index (χ1n) is 5.33. The zero-order valence-electron chi connectivity index (χ0n) is 9.25. The Balaban J connectivity index is 1.90. The predicted molar refractivity (Wildman–Crippen MR) is 63.7 cm³/mol. The van der Waals surface area contributed by atoms with Gasteiger partial charge in [0.1, 0.15) is 0 Å². The number of carboxylic acids is 1. The number of carboxylic acid groups (broad SMARTS) is 1. The Kier molecular flexibility index (Phi) is 3.28. The normalized spacial score (nSPS) is 18.1. The zero-order chi connectivity index (χ0) is 11.6. The molecule has 3 N–H and O–H groups in total. The fraction of sp³-hybridized carbons (Fsp3) is 0.545. The van der Waals surface area contributed by atoms with Crippen LogP contribution < -0.4 is 10.6 Å². The Morgan fingerprint density at radius 1 is 1.62 bits per heavy atom. The summed E-state index contributed by atoms with van der Waals surface area (Å²) in [7, 11) is 0. The van der Waals surface area contributed by atoms with Gasteiger partial charge in [0.15, 0.2) is 0 Å². The SMILES string of the molecule is Cc1ccc(CNC2(CC(=O)O)CNC2)s1. The summed E-state index contributed by atoms with van der Waals surface area (Å²) in [5.74, 6) is -0.739. The minimum Gasteiger partial charge on any atom is -0.481 e. The Hall–Kier alpha value is -0.910. The van der Waals surface area contributed by atoms with Gasteiger partial charge in [-0.15, -0.1) is 11.3 Å². The molecule has 1 saturated heterocycles. The lowest BCUT2D eigenvalue weighted by atomic mass is 9.88. The highest BCUT2D eigenvalue weighted by atomic mass is 32.1. The smallest absolute Gasteiger partial charge is 0.305 e. The third-order valence-electron chi connectivity index (χ3n) is 2.85.